The third kappa shape index (κ3) is 4.57. The van der Waals surface area contributed by atoms with Crippen molar-refractivity contribution in [2.45, 2.75) is 39.5 Å². The van der Waals surface area contributed by atoms with E-state index in [1.54, 1.807) is 0 Å². The Morgan fingerprint density at radius 1 is 1.10 bits per heavy atom. The van der Waals surface area contributed by atoms with E-state index in [0.29, 0.717) is 18.6 Å². The van der Waals surface area contributed by atoms with E-state index in [0.717, 1.165) is 29.4 Å². The molecule has 0 N–H and O–H groups in total. The number of alkyl halides is 1. The molecule has 0 bridgehead atoms. The van der Waals surface area contributed by atoms with Gasteiger partial charge in [-0.15, -0.1) is 0 Å². The summed E-state index contributed by atoms with van der Waals surface area (Å²) in [5.41, 5.74) is 4.72. The highest BCUT2D eigenvalue weighted by Gasteiger charge is 2.09. The summed E-state index contributed by atoms with van der Waals surface area (Å²) in [6.07, 6.45) is 7.46. The zero-order valence-electron chi connectivity index (χ0n) is 12.7. The first kappa shape index (κ1) is 16.0. The van der Waals surface area contributed by atoms with Crippen LogP contribution < -0.4 is 0 Å². The second kappa shape index (κ2) is 7.60. The smallest absolute Gasteiger partial charge is 0.137 e. The standard InChI is InChI=1S/C18H22BrNO/c1-14-6-8-17(9-7-14)20-12-15(2)16(13-20)11-18(21)5-3-4-10-19/h6-9,12-13H,3-5,10-11H2,1-2H3. The van der Waals surface area contributed by atoms with Crippen molar-refractivity contribution in [3.63, 3.8) is 0 Å². The highest BCUT2D eigenvalue weighted by Crippen LogP contribution is 2.17. The molecule has 0 fully saturated rings. The predicted molar refractivity (Wildman–Crippen MR) is 91.6 cm³/mol. The van der Waals surface area contributed by atoms with Crippen LogP contribution in [0.3, 0.4) is 0 Å². The van der Waals surface area contributed by atoms with E-state index < -0.39 is 0 Å². The zero-order valence-corrected chi connectivity index (χ0v) is 14.3. The predicted octanol–water partition coefficient (Wildman–Crippen LogP) is 4.77. The molecule has 112 valence electrons. The number of halogens is 1. The molecule has 3 heteroatoms. The molecule has 1 heterocycles. The topological polar surface area (TPSA) is 22.0 Å². The normalized spacial score (nSPS) is 10.8. The van der Waals surface area contributed by atoms with Gasteiger partial charge in [-0.25, -0.2) is 0 Å². The van der Waals surface area contributed by atoms with E-state index >= 15 is 0 Å². The van der Waals surface area contributed by atoms with Crippen LogP contribution in [0.25, 0.3) is 5.69 Å². The lowest BCUT2D eigenvalue weighted by molar-refractivity contribution is -0.118. The Kier molecular flexibility index (Phi) is 5.80. The molecule has 0 aliphatic carbocycles. The molecule has 1 aromatic carbocycles. The second-order valence-corrected chi connectivity index (χ2v) is 6.36. The van der Waals surface area contributed by atoms with Crippen LogP contribution >= 0.6 is 15.9 Å². The Morgan fingerprint density at radius 2 is 1.81 bits per heavy atom. The van der Waals surface area contributed by atoms with Gasteiger partial charge in [0.15, 0.2) is 0 Å². The van der Waals surface area contributed by atoms with Crippen molar-refractivity contribution in [1.29, 1.82) is 0 Å². The summed E-state index contributed by atoms with van der Waals surface area (Å²) in [6.45, 7) is 4.16. The van der Waals surface area contributed by atoms with Crippen LogP contribution in [0.15, 0.2) is 36.7 Å². The Balaban J connectivity index is 2.05. The average Bonchev–Trinajstić information content (AvgIpc) is 2.81. The highest BCUT2D eigenvalue weighted by molar-refractivity contribution is 9.09. The Morgan fingerprint density at radius 3 is 2.48 bits per heavy atom. The average molecular weight is 348 g/mol. The quantitative estimate of drug-likeness (QED) is 0.522. The summed E-state index contributed by atoms with van der Waals surface area (Å²) in [5.74, 6) is 0.334. The number of hydrogen-bond acceptors (Lipinski definition) is 1. The van der Waals surface area contributed by atoms with Crippen LogP contribution in [0.5, 0.6) is 0 Å². The molecule has 0 radical (unpaired) electrons. The number of Topliss-reactive ketones (excluding diaryl/α,β-unsaturated/α-hetero) is 1. The molecule has 0 aliphatic heterocycles. The summed E-state index contributed by atoms with van der Waals surface area (Å²) < 4.78 is 2.11. The van der Waals surface area contributed by atoms with Crippen molar-refractivity contribution < 1.29 is 4.79 Å². The number of benzene rings is 1. The molecule has 0 atom stereocenters. The summed E-state index contributed by atoms with van der Waals surface area (Å²) in [5, 5.41) is 0.975. The molecule has 0 saturated carbocycles. The maximum absolute atomic E-state index is 12.0. The molecule has 2 aromatic rings. The van der Waals surface area contributed by atoms with Gasteiger partial charge in [0.2, 0.25) is 0 Å². The third-order valence-corrected chi connectivity index (χ3v) is 4.25. The van der Waals surface area contributed by atoms with Gasteiger partial charge in [-0.1, -0.05) is 33.6 Å². The Bertz CT molecular complexity index is 598. The Hall–Kier alpha value is -1.35. The first-order valence-corrected chi connectivity index (χ1v) is 8.54. The first-order chi connectivity index (χ1) is 10.1. The minimum absolute atomic E-state index is 0.334. The fourth-order valence-electron chi connectivity index (χ4n) is 2.37. The number of hydrogen-bond donors (Lipinski definition) is 0. The molecule has 21 heavy (non-hydrogen) atoms. The lowest BCUT2D eigenvalue weighted by Gasteiger charge is -2.03. The largest absolute Gasteiger partial charge is 0.323 e. The van der Waals surface area contributed by atoms with Gasteiger partial charge in [-0.05, 0) is 49.9 Å². The first-order valence-electron chi connectivity index (χ1n) is 7.42. The summed E-state index contributed by atoms with van der Waals surface area (Å²) >= 11 is 3.40. The van der Waals surface area contributed by atoms with E-state index in [1.807, 2.05) is 0 Å². The van der Waals surface area contributed by atoms with Gasteiger partial charge in [0.1, 0.15) is 5.78 Å². The number of unbranched alkanes of at least 4 members (excludes halogenated alkanes) is 1. The Labute approximate surface area is 135 Å². The number of rotatable bonds is 7. The van der Waals surface area contributed by atoms with Crippen molar-refractivity contribution in [2.75, 3.05) is 5.33 Å². The minimum Gasteiger partial charge on any atom is -0.323 e. The number of aromatic nitrogens is 1. The maximum atomic E-state index is 12.0. The van der Waals surface area contributed by atoms with Gasteiger partial charge in [0.05, 0.1) is 0 Å². The SMILES string of the molecule is Cc1ccc(-n2cc(C)c(CC(=O)CCCCBr)c2)cc1. The molecule has 0 aliphatic rings. The highest BCUT2D eigenvalue weighted by atomic mass is 79.9. The van der Waals surface area contributed by atoms with E-state index in [4.69, 9.17) is 0 Å². The molecule has 2 rings (SSSR count). The van der Waals surface area contributed by atoms with Crippen LogP contribution in [0.2, 0.25) is 0 Å². The molecular weight excluding hydrogens is 326 g/mol. The molecular formula is C18H22BrNO. The molecule has 0 saturated heterocycles. The number of carbonyl (C=O) groups is 1. The summed E-state index contributed by atoms with van der Waals surface area (Å²) in [4.78, 5) is 12.0. The lowest BCUT2D eigenvalue weighted by atomic mass is 10.1. The molecule has 0 amide bonds. The number of aryl methyl sites for hydroxylation is 2. The van der Waals surface area contributed by atoms with Crippen LogP contribution in [-0.2, 0) is 11.2 Å². The number of nitrogens with zero attached hydrogens (tertiary/aromatic N) is 1. The molecule has 0 unspecified atom stereocenters. The van der Waals surface area contributed by atoms with Gasteiger partial charge >= 0.3 is 0 Å². The fourth-order valence-corrected chi connectivity index (χ4v) is 2.76. The van der Waals surface area contributed by atoms with Crippen LogP contribution in [0, 0.1) is 13.8 Å². The van der Waals surface area contributed by atoms with Crippen molar-refractivity contribution in [3.05, 3.63) is 53.3 Å². The van der Waals surface area contributed by atoms with Gasteiger partial charge in [-0.3, -0.25) is 4.79 Å². The fraction of sp³-hybridized carbons (Fsp3) is 0.389. The van der Waals surface area contributed by atoms with Crippen molar-refractivity contribution in [1.82, 2.24) is 4.57 Å². The van der Waals surface area contributed by atoms with Gasteiger partial charge < -0.3 is 4.57 Å². The summed E-state index contributed by atoms with van der Waals surface area (Å²) in [7, 11) is 0. The molecule has 2 nitrogen and oxygen atoms in total. The minimum atomic E-state index is 0.334. The van der Waals surface area contributed by atoms with Crippen molar-refractivity contribution >= 4 is 21.7 Å². The molecule has 1 aromatic heterocycles. The van der Waals surface area contributed by atoms with Crippen LogP contribution in [0.1, 0.15) is 36.0 Å². The van der Waals surface area contributed by atoms with E-state index in [2.05, 4.69) is 71.0 Å². The van der Waals surface area contributed by atoms with E-state index in [1.165, 1.54) is 11.1 Å². The monoisotopic (exact) mass is 347 g/mol. The number of carbonyl (C=O) groups excluding carboxylic acids is 1. The van der Waals surface area contributed by atoms with Crippen molar-refractivity contribution in [3.8, 4) is 5.69 Å². The van der Waals surface area contributed by atoms with E-state index in [9.17, 15) is 4.79 Å². The van der Waals surface area contributed by atoms with Crippen LogP contribution in [0.4, 0.5) is 0 Å². The number of ketones is 1. The third-order valence-electron chi connectivity index (χ3n) is 3.69. The lowest BCUT2D eigenvalue weighted by Crippen LogP contribution is -2.03. The van der Waals surface area contributed by atoms with Crippen LogP contribution in [-0.4, -0.2) is 15.7 Å². The molecule has 0 spiro atoms. The van der Waals surface area contributed by atoms with Gasteiger partial charge in [0.25, 0.3) is 0 Å². The van der Waals surface area contributed by atoms with E-state index in [-0.39, 0.29) is 0 Å². The zero-order chi connectivity index (χ0) is 15.2. The second-order valence-electron chi connectivity index (χ2n) is 5.57. The van der Waals surface area contributed by atoms with Crippen molar-refractivity contribution in [2.24, 2.45) is 0 Å². The van der Waals surface area contributed by atoms with Gasteiger partial charge in [-0.2, -0.15) is 0 Å². The summed E-state index contributed by atoms with van der Waals surface area (Å²) in [6, 6.07) is 8.43. The van der Waals surface area contributed by atoms with Gasteiger partial charge in [0, 0.05) is 36.3 Å². The maximum Gasteiger partial charge on any atom is 0.137 e.